The Morgan fingerprint density at radius 3 is 1.35 bits per heavy atom. The number of aliphatic carboxylic acids is 2. The van der Waals surface area contributed by atoms with Gasteiger partial charge in [0.2, 0.25) is 0 Å². The number of carbonyl (C=O) groups is 3. The van der Waals surface area contributed by atoms with Crippen LogP contribution in [0.4, 0.5) is 0 Å². The van der Waals surface area contributed by atoms with Crippen molar-refractivity contribution < 1.29 is 49.8 Å². The van der Waals surface area contributed by atoms with Gasteiger partial charge >= 0.3 is 17.9 Å². The lowest BCUT2D eigenvalue weighted by molar-refractivity contribution is -0.139. The van der Waals surface area contributed by atoms with Crippen LogP contribution in [0.5, 0.6) is 0 Å². The van der Waals surface area contributed by atoms with Crippen LogP contribution in [0.2, 0.25) is 0 Å². The topological polar surface area (TPSA) is 252 Å². The van der Waals surface area contributed by atoms with Gasteiger partial charge in [0.15, 0.2) is 0 Å². The van der Waals surface area contributed by atoms with E-state index in [2.05, 4.69) is 17.9 Å². The first-order valence-electron chi connectivity index (χ1n) is 6.36. The summed E-state index contributed by atoms with van der Waals surface area (Å²) in [5.41, 5.74) is -1.41. The summed E-state index contributed by atoms with van der Waals surface area (Å²) in [6.45, 7) is 4.55. The second-order valence-corrected chi connectivity index (χ2v) is 4.34. The number of hydrogen-bond acceptors (Lipinski definition) is 10. The molecule has 0 amide bonds. The van der Waals surface area contributed by atoms with Crippen LogP contribution in [0, 0.1) is 5.41 Å². The Balaban J connectivity index is -0.0000000834. The summed E-state index contributed by atoms with van der Waals surface area (Å²) < 4.78 is 4.14. The van der Waals surface area contributed by atoms with Crippen molar-refractivity contribution in [3.63, 3.8) is 0 Å². The van der Waals surface area contributed by atoms with Crippen molar-refractivity contribution in [2.24, 2.45) is 5.41 Å². The molecule has 0 radical (unpaired) electrons. The molecule has 26 heavy (non-hydrogen) atoms. The summed E-state index contributed by atoms with van der Waals surface area (Å²) in [5, 5.41) is 50.1. The van der Waals surface area contributed by atoms with Gasteiger partial charge in [-0.15, -0.1) is 0 Å². The molecule has 0 aromatic heterocycles. The molecule has 0 fully saturated rings. The van der Waals surface area contributed by atoms with E-state index in [0.29, 0.717) is 0 Å². The summed E-state index contributed by atoms with van der Waals surface area (Å²) in [5.74, 6) is -2.84. The predicted octanol–water partition coefficient (Wildman–Crippen LogP) is -1.29. The van der Waals surface area contributed by atoms with Gasteiger partial charge in [0.05, 0.1) is 45.4 Å². The first-order chi connectivity index (χ1) is 11.1. The molecule has 0 aliphatic rings. The van der Waals surface area contributed by atoms with Crippen molar-refractivity contribution in [1.82, 2.24) is 12.3 Å². The Labute approximate surface area is 151 Å². The largest absolute Gasteiger partial charge is 0.481 e. The standard InChI is InChI=1S/C5H12O4.C5H6O4.C4H6O2.2H3N/c6-1-5(2-7,3-8)4-9;1-3(5(8)9)2-4(6)7;1-3-4(5)6-2;;/h6-9H,1-4H2;1-2H2,(H,6,7)(H,8,9);3H,1H2,2H3;2*1H3. The number of methoxy groups -OCH3 is 1. The first-order valence-corrected chi connectivity index (χ1v) is 6.36. The van der Waals surface area contributed by atoms with Gasteiger partial charge in [-0.1, -0.05) is 13.2 Å². The summed E-state index contributed by atoms with van der Waals surface area (Å²) in [6.07, 6.45) is 0.606. The van der Waals surface area contributed by atoms with Crippen LogP contribution in [-0.4, -0.2) is 82.1 Å². The van der Waals surface area contributed by atoms with E-state index in [4.69, 9.17) is 30.6 Å². The van der Waals surface area contributed by atoms with E-state index in [1.165, 1.54) is 7.11 Å². The molecular formula is C14H30N2O10. The number of carboxylic acid groups (broad SMARTS) is 2. The lowest BCUT2D eigenvalue weighted by atomic mass is 9.93. The highest BCUT2D eigenvalue weighted by molar-refractivity contribution is 5.91. The fourth-order valence-electron chi connectivity index (χ4n) is 0.641. The molecule has 0 atom stereocenters. The Hall–Kier alpha value is -2.35. The van der Waals surface area contributed by atoms with E-state index in [1.54, 1.807) is 0 Å². The van der Waals surface area contributed by atoms with Crippen LogP contribution in [-0.2, 0) is 19.1 Å². The Bertz CT molecular complexity index is 404. The van der Waals surface area contributed by atoms with E-state index >= 15 is 0 Å². The van der Waals surface area contributed by atoms with E-state index in [-0.39, 0.29) is 17.9 Å². The van der Waals surface area contributed by atoms with Crippen LogP contribution in [0.1, 0.15) is 6.42 Å². The van der Waals surface area contributed by atoms with Gasteiger partial charge in [0.25, 0.3) is 0 Å². The second kappa shape index (κ2) is 20.7. The van der Waals surface area contributed by atoms with E-state index < -0.39 is 56.2 Å². The lowest BCUT2D eigenvalue weighted by Crippen LogP contribution is -2.37. The van der Waals surface area contributed by atoms with Gasteiger partial charge < -0.3 is 47.7 Å². The van der Waals surface area contributed by atoms with Crippen molar-refractivity contribution in [2.75, 3.05) is 33.5 Å². The van der Waals surface area contributed by atoms with Crippen molar-refractivity contribution in [3.8, 4) is 0 Å². The van der Waals surface area contributed by atoms with Gasteiger partial charge in [-0.05, 0) is 0 Å². The van der Waals surface area contributed by atoms with Crippen LogP contribution in [0.15, 0.2) is 24.8 Å². The fraction of sp³-hybridized carbons (Fsp3) is 0.500. The van der Waals surface area contributed by atoms with E-state index in [1.807, 2.05) is 0 Å². The van der Waals surface area contributed by atoms with Crippen LogP contribution in [0.3, 0.4) is 0 Å². The highest BCUT2D eigenvalue weighted by atomic mass is 16.5. The van der Waals surface area contributed by atoms with Crippen molar-refractivity contribution in [2.45, 2.75) is 6.42 Å². The maximum absolute atomic E-state index is 9.87. The first kappa shape index (κ1) is 34.9. The second-order valence-electron chi connectivity index (χ2n) is 4.34. The molecule has 0 saturated heterocycles. The molecule has 0 aromatic rings. The number of carboxylic acids is 2. The number of esters is 1. The minimum Gasteiger partial charge on any atom is -0.481 e. The maximum Gasteiger partial charge on any atom is 0.331 e. The predicted molar refractivity (Wildman–Crippen MR) is 92.1 cm³/mol. The number of carbonyl (C=O) groups excluding carboxylic acids is 1. The van der Waals surface area contributed by atoms with Crippen LogP contribution >= 0.6 is 0 Å². The van der Waals surface area contributed by atoms with Crippen molar-refractivity contribution >= 4 is 17.9 Å². The molecule has 0 bridgehead atoms. The lowest BCUT2D eigenvalue weighted by Gasteiger charge is -2.23. The number of aliphatic hydroxyl groups excluding tert-OH is 4. The molecule has 156 valence electrons. The van der Waals surface area contributed by atoms with Crippen molar-refractivity contribution in [1.29, 1.82) is 0 Å². The third kappa shape index (κ3) is 19.7. The zero-order chi connectivity index (χ0) is 19.8. The zero-order valence-corrected chi connectivity index (χ0v) is 14.8. The monoisotopic (exact) mass is 386 g/mol. The van der Waals surface area contributed by atoms with Gasteiger partial charge in [-0.25, -0.2) is 9.59 Å². The third-order valence-electron chi connectivity index (χ3n) is 2.38. The van der Waals surface area contributed by atoms with Gasteiger partial charge in [0, 0.05) is 11.6 Å². The molecule has 12 heteroatoms. The quantitative estimate of drug-likeness (QED) is 0.179. The third-order valence-corrected chi connectivity index (χ3v) is 2.38. The Kier molecular flexibility index (Phi) is 27.8. The van der Waals surface area contributed by atoms with E-state index in [0.717, 1.165) is 6.08 Å². The van der Waals surface area contributed by atoms with Crippen LogP contribution in [0.25, 0.3) is 0 Å². The minimum absolute atomic E-state index is 0. The highest BCUT2D eigenvalue weighted by Gasteiger charge is 2.26. The Morgan fingerprint density at radius 1 is 0.962 bits per heavy atom. The number of ether oxygens (including phenoxy) is 1. The highest BCUT2D eigenvalue weighted by Crippen LogP contribution is 2.11. The molecule has 0 aromatic carbocycles. The van der Waals surface area contributed by atoms with Gasteiger partial charge in [0.1, 0.15) is 0 Å². The van der Waals surface area contributed by atoms with Crippen LogP contribution < -0.4 is 12.3 Å². The molecule has 0 heterocycles. The molecule has 0 saturated carbocycles. The number of aliphatic hydroxyl groups is 4. The summed E-state index contributed by atoms with van der Waals surface area (Å²) in [4.78, 5) is 29.5. The molecular weight excluding hydrogens is 356 g/mol. The zero-order valence-electron chi connectivity index (χ0n) is 14.8. The number of hydrogen-bond donors (Lipinski definition) is 8. The molecule has 12 N–H and O–H groups in total. The molecule has 0 rings (SSSR count). The fourth-order valence-corrected chi connectivity index (χ4v) is 0.641. The summed E-state index contributed by atoms with van der Waals surface area (Å²) in [7, 11) is 1.31. The Morgan fingerprint density at radius 2 is 1.31 bits per heavy atom. The summed E-state index contributed by atoms with van der Waals surface area (Å²) >= 11 is 0. The molecule has 0 unspecified atom stereocenters. The van der Waals surface area contributed by atoms with E-state index in [9.17, 15) is 14.4 Å². The molecule has 12 nitrogen and oxygen atoms in total. The smallest absolute Gasteiger partial charge is 0.331 e. The molecule has 0 aliphatic heterocycles. The maximum atomic E-state index is 9.87. The molecule has 0 spiro atoms. The number of rotatable bonds is 8. The summed E-state index contributed by atoms with van der Waals surface area (Å²) in [6, 6.07) is 0. The molecule has 0 aliphatic carbocycles. The minimum atomic E-state index is -1.27. The van der Waals surface area contributed by atoms with Gasteiger partial charge in [-0.2, -0.15) is 0 Å². The average molecular weight is 386 g/mol. The van der Waals surface area contributed by atoms with Crippen molar-refractivity contribution in [3.05, 3.63) is 24.8 Å². The normalized spacial score (nSPS) is 8.65. The SMILES string of the molecule is C=C(CC(=O)O)C(=O)O.C=CC(=O)OC.N.N.OCC(CO)(CO)CO. The average Bonchev–Trinajstić information content (AvgIpc) is 2.57. The van der Waals surface area contributed by atoms with Gasteiger partial charge in [-0.3, -0.25) is 4.79 Å².